The summed E-state index contributed by atoms with van der Waals surface area (Å²) in [6, 6.07) is 1.89. The van der Waals surface area contributed by atoms with Gasteiger partial charge in [0.2, 0.25) is 5.91 Å². The first kappa shape index (κ1) is 17.7. The molecule has 0 radical (unpaired) electrons. The van der Waals surface area contributed by atoms with Gasteiger partial charge in [-0.1, -0.05) is 23.2 Å². The molecule has 0 spiro atoms. The third-order valence-corrected chi connectivity index (χ3v) is 5.58. The van der Waals surface area contributed by atoms with Gasteiger partial charge in [-0.3, -0.25) is 4.79 Å². The van der Waals surface area contributed by atoms with Crippen molar-refractivity contribution >= 4 is 44.9 Å². The number of nitrogens with one attached hydrogen (secondary N) is 1. The minimum Gasteiger partial charge on any atom is -0.478 e. The number of rotatable bonds is 5. The fraction of sp³-hybridized carbons (Fsp3) is 0.333. The van der Waals surface area contributed by atoms with Crippen LogP contribution in [0.25, 0.3) is 0 Å². The lowest BCUT2D eigenvalue weighted by atomic mass is 10.2. The van der Waals surface area contributed by atoms with Crippen LogP contribution >= 0.6 is 23.2 Å². The van der Waals surface area contributed by atoms with Crippen molar-refractivity contribution < 1.29 is 23.1 Å². The van der Waals surface area contributed by atoms with Crippen molar-refractivity contribution in [3.63, 3.8) is 0 Å². The summed E-state index contributed by atoms with van der Waals surface area (Å²) < 4.78 is 24.7. The van der Waals surface area contributed by atoms with Gasteiger partial charge in [0.15, 0.2) is 9.84 Å². The zero-order chi connectivity index (χ0) is 16.4. The molecule has 0 heterocycles. The van der Waals surface area contributed by atoms with Crippen molar-refractivity contribution in [2.45, 2.75) is 24.0 Å². The number of benzene rings is 1. The van der Waals surface area contributed by atoms with Crippen molar-refractivity contribution in [3.05, 3.63) is 27.7 Å². The number of carbonyl (C=O) groups excluding carboxylic acids is 1. The van der Waals surface area contributed by atoms with Crippen molar-refractivity contribution in [3.8, 4) is 0 Å². The molecule has 1 amide bonds. The molecule has 0 saturated carbocycles. The van der Waals surface area contributed by atoms with E-state index in [1.54, 1.807) is 6.92 Å². The summed E-state index contributed by atoms with van der Waals surface area (Å²) in [6.45, 7) is 3.12. The number of halogens is 2. The minimum atomic E-state index is -4.13. The molecule has 0 aliphatic heterocycles. The average molecular weight is 354 g/mol. The van der Waals surface area contributed by atoms with E-state index >= 15 is 0 Å². The lowest BCUT2D eigenvalue weighted by Gasteiger charge is -2.14. The Morgan fingerprint density at radius 3 is 2.33 bits per heavy atom. The molecule has 1 aromatic rings. The Bertz CT molecular complexity index is 687. The third kappa shape index (κ3) is 3.66. The van der Waals surface area contributed by atoms with Crippen molar-refractivity contribution in [1.82, 2.24) is 5.32 Å². The van der Waals surface area contributed by atoms with E-state index in [4.69, 9.17) is 28.3 Å². The quantitative estimate of drug-likeness (QED) is 0.842. The van der Waals surface area contributed by atoms with E-state index in [0.29, 0.717) is 0 Å². The number of sulfone groups is 1. The van der Waals surface area contributed by atoms with E-state index in [0.717, 1.165) is 12.1 Å². The van der Waals surface area contributed by atoms with Crippen LogP contribution in [-0.2, 0) is 14.6 Å². The molecule has 2 N–H and O–H groups in total. The molecule has 0 aromatic heterocycles. The maximum absolute atomic E-state index is 12.4. The molecular weight excluding hydrogens is 341 g/mol. The lowest BCUT2D eigenvalue weighted by molar-refractivity contribution is -0.120. The summed E-state index contributed by atoms with van der Waals surface area (Å²) in [6.07, 6.45) is 0. The molecule has 116 valence electrons. The second kappa shape index (κ2) is 6.64. The highest BCUT2D eigenvalue weighted by Crippen LogP contribution is 2.31. The molecule has 0 aliphatic carbocycles. The van der Waals surface area contributed by atoms with Crippen LogP contribution in [0.1, 0.15) is 24.2 Å². The SMILES string of the molecule is CCNC(=O)C(C)S(=O)(=O)c1cc(C(=O)O)c(Cl)cc1Cl. The van der Waals surface area contributed by atoms with E-state index in [1.165, 1.54) is 6.92 Å². The molecule has 9 heteroatoms. The predicted octanol–water partition coefficient (Wildman–Crippen LogP) is 1.99. The summed E-state index contributed by atoms with van der Waals surface area (Å²) >= 11 is 11.5. The van der Waals surface area contributed by atoms with Crippen LogP contribution in [0.5, 0.6) is 0 Å². The molecule has 0 bridgehead atoms. The maximum Gasteiger partial charge on any atom is 0.337 e. The molecule has 0 aliphatic rings. The molecule has 0 fully saturated rings. The normalized spacial score (nSPS) is 12.8. The van der Waals surface area contributed by atoms with Gasteiger partial charge in [0.1, 0.15) is 5.25 Å². The molecular formula is C12H13Cl2NO5S. The Morgan fingerprint density at radius 2 is 1.86 bits per heavy atom. The van der Waals surface area contributed by atoms with Crippen LogP contribution in [0.3, 0.4) is 0 Å². The number of carboxylic acids is 1. The number of amides is 1. The molecule has 21 heavy (non-hydrogen) atoms. The fourth-order valence-corrected chi connectivity index (χ4v) is 3.71. The first-order valence-electron chi connectivity index (χ1n) is 5.86. The zero-order valence-electron chi connectivity index (χ0n) is 11.2. The van der Waals surface area contributed by atoms with E-state index in [2.05, 4.69) is 5.32 Å². The number of hydrogen-bond acceptors (Lipinski definition) is 4. The Hall–Kier alpha value is -1.31. The largest absolute Gasteiger partial charge is 0.478 e. The van der Waals surface area contributed by atoms with E-state index in [1.807, 2.05) is 0 Å². The minimum absolute atomic E-state index is 0.183. The molecule has 0 saturated heterocycles. The van der Waals surface area contributed by atoms with Gasteiger partial charge in [0.25, 0.3) is 0 Å². The summed E-state index contributed by atoms with van der Waals surface area (Å²) in [4.78, 5) is 22.3. The Morgan fingerprint density at radius 1 is 1.29 bits per heavy atom. The summed E-state index contributed by atoms with van der Waals surface area (Å²) in [5.74, 6) is -2.08. The maximum atomic E-state index is 12.4. The topological polar surface area (TPSA) is 101 Å². The summed E-state index contributed by atoms with van der Waals surface area (Å²) in [5, 5.41) is 9.54. The fourth-order valence-electron chi connectivity index (χ4n) is 1.56. The molecule has 6 nitrogen and oxygen atoms in total. The van der Waals surface area contributed by atoms with Gasteiger partial charge in [-0.25, -0.2) is 13.2 Å². The van der Waals surface area contributed by atoms with Gasteiger partial charge in [-0.05, 0) is 26.0 Å². The number of hydrogen-bond donors (Lipinski definition) is 2. The number of aromatic carboxylic acids is 1. The van der Waals surface area contributed by atoms with E-state index < -0.39 is 37.4 Å². The van der Waals surface area contributed by atoms with E-state index in [-0.39, 0.29) is 16.6 Å². The van der Waals surface area contributed by atoms with Crippen molar-refractivity contribution in [2.75, 3.05) is 6.54 Å². The van der Waals surface area contributed by atoms with Gasteiger partial charge in [0, 0.05) is 6.54 Å². The number of carboxylic acid groups (broad SMARTS) is 1. The number of carbonyl (C=O) groups is 2. The Kier molecular flexibility index (Phi) is 5.61. The van der Waals surface area contributed by atoms with Gasteiger partial charge in [0.05, 0.1) is 20.5 Å². The van der Waals surface area contributed by atoms with Crippen molar-refractivity contribution in [2.24, 2.45) is 0 Å². The van der Waals surface area contributed by atoms with Gasteiger partial charge in [-0.15, -0.1) is 0 Å². The molecule has 1 atom stereocenters. The van der Waals surface area contributed by atoms with E-state index in [9.17, 15) is 18.0 Å². The molecule has 1 aromatic carbocycles. The average Bonchev–Trinajstić information content (AvgIpc) is 2.37. The van der Waals surface area contributed by atoms with Crippen LogP contribution in [0.2, 0.25) is 10.0 Å². The Labute approximate surface area is 132 Å². The van der Waals surface area contributed by atoms with Crippen LogP contribution < -0.4 is 5.32 Å². The van der Waals surface area contributed by atoms with Crippen LogP contribution in [0, 0.1) is 0 Å². The predicted molar refractivity (Wildman–Crippen MR) is 78.8 cm³/mol. The van der Waals surface area contributed by atoms with Crippen molar-refractivity contribution in [1.29, 1.82) is 0 Å². The highest BCUT2D eigenvalue weighted by Gasteiger charge is 2.32. The summed E-state index contributed by atoms with van der Waals surface area (Å²) in [5.41, 5.74) is -0.400. The monoisotopic (exact) mass is 353 g/mol. The zero-order valence-corrected chi connectivity index (χ0v) is 13.5. The first-order valence-corrected chi connectivity index (χ1v) is 8.17. The highest BCUT2D eigenvalue weighted by atomic mass is 35.5. The second-order valence-electron chi connectivity index (χ2n) is 4.15. The van der Waals surface area contributed by atoms with Gasteiger partial charge < -0.3 is 10.4 Å². The van der Waals surface area contributed by atoms with Crippen LogP contribution in [-0.4, -0.2) is 37.2 Å². The first-order chi connectivity index (χ1) is 9.62. The van der Waals surface area contributed by atoms with Crippen LogP contribution in [0.15, 0.2) is 17.0 Å². The highest BCUT2D eigenvalue weighted by molar-refractivity contribution is 7.92. The van der Waals surface area contributed by atoms with Gasteiger partial charge >= 0.3 is 5.97 Å². The van der Waals surface area contributed by atoms with Gasteiger partial charge in [-0.2, -0.15) is 0 Å². The summed E-state index contributed by atoms with van der Waals surface area (Å²) in [7, 11) is -4.13. The van der Waals surface area contributed by atoms with Crippen LogP contribution in [0.4, 0.5) is 0 Å². The third-order valence-electron chi connectivity index (χ3n) is 2.74. The second-order valence-corrected chi connectivity index (χ2v) is 7.20. The molecule has 1 rings (SSSR count). The molecule has 1 unspecified atom stereocenters. The standard InChI is InChI=1S/C12H13Cl2NO5S/c1-3-15-11(16)6(2)21(19,20)10-4-7(12(17)18)8(13)5-9(10)14/h4-6H,3H2,1-2H3,(H,15,16)(H,17,18). The smallest absolute Gasteiger partial charge is 0.337 e. The Balaban J connectivity index is 3.41. The lowest BCUT2D eigenvalue weighted by Crippen LogP contribution is -2.37.